The number of anilines is 2. The average molecular weight is 385 g/mol. The third-order valence-corrected chi connectivity index (χ3v) is 5.93. The number of halogens is 2. The van der Waals surface area contributed by atoms with Crippen LogP contribution in [-0.2, 0) is 15.8 Å². The molecular weight excluding hydrogens is 367 g/mol. The van der Waals surface area contributed by atoms with E-state index in [-0.39, 0.29) is 5.75 Å². The predicted octanol–water partition coefficient (Wildman–Crippen LogP) is 4.54. The Bertz CT molecular complexity index is 797. The molecule has 0 aromatic heterocycles. The minimum atomic E-state index is -3.60. The molecule has 0 atom stereocenters. The lowest BCUT2D eigenvalue weighted by Gasteiger charge is -2.18. The maximum Gasteiger partial charge on any atom is 0.237 e. The van der Waals surface area contributed by atoms with Crippen molar-refractivity contribution in [3.05, 3.63) is 58.1 Å². The van der Waals surface area contributed by atoms with E-state index < -0.39 is 10.0 Å². The summed E-state index contributed by atoms with van der Waals surface area (Å²) in [5.41, 5.74) is 2.05. The molecule has 1 saturated heterocycles. The Balaban J connectivity index is 1.72. The minimum Gasteiger partial charge on any atom is -0.372 e. The van der Waals surface area contributed by atoms with Gasteiger partial charge in [-0.15, -0.1) is 0 Å². The molecule has 2 aromatic carbocycles. The van der Waals surface area contributed by atoms with Crippen LogP contribution in [0, 0.1) is 0 Å². The van der Waals surface area contributed by atoms with Gasteiger partial charge in [-0.25, -0.2) is 8.42 Å². The number of nitrogens with zero attached hydrogens (tertiary/aromatic N) is 1. The maximum atomic E-state index is 12.4. The van der Waals surface area contributed by atoms with Crippen LogP contribution in [0.15, 0.2) is 42.5 Å². The Kier molecular flexibility index (Phi) is 5.23. The van der Waals surface area contributed by atoms with Crippen LogP contribution in [0.1, 0.15) is 18.4 Å². The molecule has 7 heteroatoms. The summed E-state index contributed by atoms with van der Waals surface area (Å²) in [6.07, 6.45) is 2.40. The maximum absolute atomic E-state index is 12.4. The molecule has 0 aliphatic carbocycles. The first-order valence-electron chi connectivity index (χ1n) is 7.73. The van der Waals surface area contributed by atoms with E-state index in [0.717, 1.165) is 18.8 Å². The van der Waals surface area contributed by atoms with Gasteiger partial charge in [-0.3, -0.25) is 4.72 Å². The second-order valence-corrected chi connectivity index (χ2v) is 8.34. The SMILES string of the molecule is O=S(=O)(Cc1c(Cl)cccc1Cl)Nc1ccc(N2CCCC2)cc1. The summed E-state index contributed by atoms with van der Waals surface area (Å²) in [6, 6.07) is 12.4. The number of sulfonamides is 1. The molecule has 1 N–H and O–H groups in total. The summed E-state index contributed by atoms with van der Waals surface area (Å²) < 4.78 is 27.3. The Morgan fingerprint density at radius 2 is 1.54 bits per heavy atom. The van der Waals surface area contributed by atoms with E-state index in [1.807, 2.05) is 12.1 Å². The number of benzene rings is 2. The molecule has 1 fully saturated rings. The fourth-order valence-corrected chi connectivity index (χ4v) is 4.74. The van der Waals surface area contributed by atoms with E-state index in [0.29, 0.717) is 21.3 Å². The fourth-order valence-electron chi connectivity index (χ4n) is 2.79. The standard InChI is InChI=1S/C17H18Cl2N2O2S/c18-16-4-3-5-17(19)15(16)12-24(22,23)20-13-6-8-14(9-7-13)21-10-1-2-11-21/h3-9,20H,1-2,10-12H2. The van der Waals surface area contributed by atoms with Gasteiger partial charge < -0.3 is 4.90 Å². The van der Waals surface area contributed by atoms with Crippen LogP contribution in [0.2, 0.25) is 10.0 Å². The molecule has 0 saturated carbocycles. The molecule has 0 bridgehead atoms. The smallest absolute Gasteiger partial charge is 0.237 e. The van der Waals surface area contributed by atoms with Crippen LogP contribution >= 0.6 is 23.2 Å². The molecule has 0 unspecified atom stereocenters. The van der Waals surface area contributed by atoms with Crippen LogP contribution in [0.3, 0.4) is 0 Å². The third-order valence-electron chi connectivity index (χ3n) is 4.01. The van der Waals surface area contributed by atoms with Crippen LogP contribution in [0.4, 0.5) is 11.4 Å². The van der Waals surface area contributed by atoms with E-state index in [9.17, 15) is 8.42 Å². The molecule has 3 rings (SSSR count). The summed E-state index contributed by atoms with van der Waals surface area (Å²) >= 11 is 12.1. The topological polar surface area (TPSA) is 49.4 Å². The van der Waals surface area contributed by atoms with Crippen molar-refractivity contribution < 1.29 is 8.42 Å². The van der Waals surface area contributed by atoms with Gasteiger partial charge in [-0.2, -0.15) is 0 Å². The highest BCUT2D eigenvalue weighted by molar-refractivity contribution is 7.91. The number of nitrogens with one attached hydrogen (secondary N) is 1. The van der Waals surface area contributed by atoms with Crippen LogP contribution < -0.4 is 9.62 Å². The Morgan fingerprint density at radius 1 is 0.958 bits per heavy atom. The molecule has 24 heavy (non-hydrogen) atoms. The van der Waals surface area contributed by atoms with Crippen molar-refractivity contribution in [3.63, 3.8) is 0 Å². The summed E-state index contributed by atoms with van der Waals surface area (Å²) in [7, 11) is -3.60. The number of hydrogen-bond acceptors (Lipinski definition) is 3. The fraction of sp³-hybridized carbons (Fsp3) is 0.294. The second kappa shape index (κ2) is 7.21. The highest BCUT2D eigenvalue weighted by Crippen LogP contribution is 2.27. The third kappa shape index (κ3) is 4.15. The van der Waals surface area contributed by atoms with Crippen molar-refractivity contribution in [3.8, 4) is 0 Å². The van der Waals surface area contributed by atoms with Gasteiger partial charge >= 0.3 is 0 Å². The monoisotopic (exact) mass is 384 g/mol. The minimum absolute atomic E-state index is 0.265. The zero-order valence-electron chi connectivity index (χ0n) is 13.0. The molecule has 128 valence electrons. The van der Waals surface area contributed by atoms with Crippen molar-refractivity contribution in [1.82, 2.24) is 0 Å². The quantitative estimate of drug-likeness (QED) is 0.823. The molecule has 4 nitrogen and oxygen atoms in total. The first kappa shape index (κ1) is 17.4. The number of hydrogen-bond donors (Lipinski definition) is 1. The Labute approximate surface area is 152 Å². The van der Waals surface area contributed by atoms with Gasteiger partial charge in [0.05, 0.1) is 5.75 Å². The van der Waals surface area contributed by atoms with E-state index in [2.05, 4.69) is 9.62 Å². The van der Waals surface area contributed by atoms with Crippen molar-refractivity contribution >= 4 is 44.6 Å². The first-order valence-corrected chi connectivity index (χ1v) is 10.1. The van der Waals surface area contributed by atoms with Crippen molar-refractivity contribution in [1.29, 1.82) is 0 Å². The summed E-state index contributed by atoms with van der Waals surface area (Å²) in [5, 5.41) is 0.689. The Morgan fingerprint density at radius 3 is 2.12 bits per heavy atom. The van der Waals surface area contributed by atoms with E-state index in [1.54, 1.807) is 30.3 Å². The normalized spacial score (nSPS) is 14.8. The number of rotatable bonds is 5. The molecule has 1 aliphatic rings. The van der Waals surface area contributed by atoms with Gasteiger partial charge in [-0.05, 0) is 49.2 Å². The van der Waals surface area contributed by atoms with Crippen molar-refractivity contribution in [2.75, 3.05) is 22.7 Å². The largest absolute Gasteiger partial charge is 0.372 e. The van der Waals surface area contributed by atoms with Gasteiger partial charge in [0.15, 0.2) is 0 Å². The van der Waals surface area contributed by atoms with E-state index in [1.165, 1.54) is 12.8 Å². The van der Waals surface area contributed by atoms with E-state index in [4.69, 9.17) is 23.2 Å². The summed E-state index contributed by atoms with van der Waals surface area (Å²) in [6.45, 7) is 2.10. The molecule has 0 spiro atoms. The zero-order chi connectivity index (χ0) is 17.2. The van der Waals surface area contributed by atoms with Crippen LogP contribution in [-0.4, -0.2) is 21.5 Å². The average Bonchev–Trinajstić information content (AvgIpc) is 3.06. The lowest BCUT2D eigenvalue weighted by molar-refractivity contribution is 0.600. The lowest BCUT2D eigenvalue weighted by Crippen LogP contribution is -2.18. The molecule has 1 heterocycles. The summed E-state index contributed by atoms with van der Waals surface area (Å²) in [4.78, 5) is 2.29. The predicted molar refractivity (Wildman–Crippen MR) is 101 cm³/mol. The van der Waals surface area contributed by atoms with Gasteiger partial charge in [0.2, 0.25) is 10.0 Å². The first-order chi connectivity index (χ1) is 11.4. The molecule has 2 aromatic rings. The van der Waals surface area contributed by atoms with E-state index >= 15 is 0 Å². The molecular formula is C17H18Cl2N2O2S. The Hall–Kier alpha value is -1.43. The second-order valence-electron chi connectivity index (χ2n) is 5.80. The molecule has 1 aliphatic heterocycles. The van der Waals surface area contributed by atoms with Gasteiger partial charge in [0.25, 0.3) is 0 Å². The zero-order valence-corrected chi connectivity index (χ0v) is 15.3. The highest BCUT2D eigenvalue weighted by Gasteiger charge is 2.17. The van der Waals surface area contributed by atoms with Crippen LogP contribution in [0.25, 0.3) is 0 Å². The van der Waals surface area contributed by atoms with Gasteiger partial charge in [0, 0.05) is 40.1 Å². The highest BCUT2D eigenvalue weighted by atomic mass is 35.5. The van der Waals surface area contributed by atoms with Crippen molar-refractivity contribution in [2.24, 2.45) is 0 Å². The van der Waals surface area contributed by atoms with Crippen LogP contribution in [0.5, 0.6) is 0 Å². The lowest BCUT2D eigenvalue weighted by atomic mass is 10.2. The van der Waals surface area contributed by atoms with Gasteiger partial charge in [0.1, 0.15) is 0 Å². The van der Waals surface area contributed by atoms with Crippen molar-refractivity contribution in [2.45, 2.75) is 18.6 Å². The molecule has 0 amide bonds. The summed E-state index contributed by atoms with van der Waals surface area (Å²) in [5.74, 6) is -0.265. The van der Waals surface area contributed by atoms with Gasteiger partial charge in [-0.1, -0.05) is 29.3 Å². The molecule has 0 radical (unpaired) electrons.